The molecule has 2 atom stereocenters. The molecule has 4 bridgehead atoms. The van der Waals surface area contributed by atoms with E-state index in [1.165, 1.54) is 57.8 Å². The van der Waals surface area contributed by atoms with Crippen molar-refractivity contribution in [1.82, 2.24) is 4.90 Å². The van der Waals surface area contributed by atoms with Gasteiger partial charge in [0.2, 0.25) is 0 Å². The maximum atomic E-state index is 13.0. The summed E-state index contributed by atoms with van der Waals surface area (Å²) in [5.41, 5.74) is 0.121. The maximum Gasteiger partial charge on any atom is 0.152 e. The van der Waals surface area contributed by atoms with Crippen LogP contribution in [0.3, 0.4) is 0 Å². The van der Waals surface area contributed by atoms with Gasteiger partial charge in [-0.2, -0.15) is 0 Å². The first kappa shape index (κ1) is 12.4. The second-order valence-electron chi connectivity index (χ2n) is 7.95. The molecule has 4 aliphatic carbocycles. The monoisotopic (exact) mass is 261 g/mol. The van der Waals surface area contributed by atoms with Crippen LogP contribution >= 0.6 is 0 Å². The van der Waals surface area contributed by atoms with Gasteiger partial charge in [-0.05, 0) is 75.8 Å². The Morgan fingerprint density at radius 2 is 1.53 bits per heavy atom. The Bertz CT molecular complexity index is 355. The lowest BCUT2D eigenvalue weighted by molar-refractivity contribution is -0.137. The van der Waals surface area contributed by atoms with Crippen molar-refractivity contribution in [2.24, 2.45) is 23.2 Å². The van der Waals surface area contributed by atoms with Crippen molar-refractivity contribution in [2.45, 2.75) is 57.8 Å². The minimum atomic E-state index is 0.121. The van der Waals surface area contributed by atoms with Crippen LogP contribution < -0.4 is 0 Å². The molecule has 2 heteroatoms. The van der Waals surface area contributed by atoms with Gasteiger partial charge >= 0.3 is 0 Å². The standard InChI is InChI=1S/C17H27NO/c19-16(12-18-5-1-2-6-18)17-9-13-3-4-14(10-17)8-15(7-13)11-17/h13-15H,1-12H2/t13-,14-,15?,17?/m0/s1. The quantitative estimate of drug-likeness (QED) is 0.777. The molecule has 19 heavy (non-hydrogen) atoms. The number of carbonyl (C=O) groups excluding carboxylic acids is 1. The van der Waals surface area contributed by atoms with E-state index in [2.05, 4.69) is 4.90 Å². The average Bonchev–Trinajstić information content (AvgIpc) is 2.79. The second-order valence-corrected chi connectivity index (χ2v) is 7.95. The summed E-state index contributed by atoms with van der Waals surface area (Å²) < 4.78 is 0. The fourth-order valence-electron chi connectivity index (χ4n) is 5.84. The van der Waals surface area contributed by atoms with Crippen LogP contribution in [0.2, 0.25) is 0 Å². The highest BCUT2D eigenvalue weighted by Crippen LogP contribution is 2.58. The third-order valence-electron chi connectivity index (χ3n) is 6.51. The van der Waals surface area contributed by atoms with Crippen molar-refractivity contribution in [1.29, 1.82) is 0 Å². The highest BCUT2D eigenvalue weighted by atomic mass is 16.1. The van der Waals surface area contributed by atoms with Gasteiger partial charge in [0.1, 0.15) is 0 Å². The maximum absolute atomic E-state index is 13.0. The molecule has 0 radical (unpaired) electrons. The molecule has 5 aliphatic rings. The summed E-state index contributed by atoms with van der Waals surface area (Å²) >= 11 is 0. The van der Waals surface area contributed by atoms with Crippen LogP contribution in [-0.4, -0.2) is 30.3 Å². The Labute approximate surface area is 116 Å². The lowest BCUT2D eigenvalue weighted by Crippen LogP contribution is -2.47. The zero-order valence-corrected chi connectivity index (χ0v) is 12.1. The van der Waals surface area contributed by atoms with E-state index >= 15 is 0 Å². The SMILES string of the molecule is O=C(CN1CCCC1)C12CC3C[C@H](CC[C@@H](C3)C1)C2. The summed E-state index contributed by atoms with van der Waals surface area (Å²) in [4.78, 5) is 15.4. The molecule has 0 aromatic rings. The van der Waals surface area contributed by atoms with Crippen molar-refractivity contribution in [3.8, 4) is 0 Å². The van der Waals surface area contributed by atoms with Gasteiger partial charge in [-0.25, -0.2) is 0 Å². The number of nitrogens with zero attached hydrogens (tertiary/aromatic N) is 1. The summed E-state index contributed by atoms with van der Waals surface area (Å²) in [5, 5.41) is 0. The molecule has 1 heterocycles. The number of rotatable bonds is 3. The predicted molar refractivity (Wildman–Crippen MR) is 75.9 cm³/mol. The molecule has 1 saturated heterocycles. The van der Waals surface area contributed by atoms with E-state index in [-0.39, 0.29) is 5.41 Å². The smallest absolute Gasteiger partial charge is 0.152 e. The van der Waals surface area contributed by atoms with Crippen LogP contribution in [0.1, 0.15) is 57.8 Å². The van der Waals surface area contributed by atoms with Crippen LogP contribution in [0.5, 0.6) is 0 Å². The van der Waals surface area contributed by atoms with E-state index in [4.69, 9.17) is 0 Å². The highest BCUT2D eigenvalue weighted by molar-refractivity contribution is 5.87. The number of ketones is 1. The number of fused-ring (bicyclic) bond motifs is 1. The Hall–Kier alpha value is -0.370. The zero-order valence-electron chi connectivity index (χ0n) is 12.1. The third kappa shape index (κ3) is 2.16. The Morgan fingerprint density at radius 3 is 2.16 bits per heavy atom. The molecule has 5 fully saturated rings. The van der Waals surface area contributed by atoms with Gasteiger partial charge < -0.3 is 0 Å². The largest absolute Gasteiger partial charge is 0.298 e. The summed E-state index contributed by atoms with van der Waals surface area (Å²) in [7, 11) is 0. The number of Topliss-reactive ketones (excluding diaryl/α,β-unsaturated/α-hetero) is 1. The molecule has 1 aliphatic heterocycles. The van der Waals surface area contributed by atoms with Gasteiger partial charge in [-0.3, -0.25) is 9.69 Å². The Kier molecular flexibility index (Phi) is 2.98. The number of carbonyl (C=O) groups is 1. The van der Waals surface area contributed by atoms with E-state index in [0.29, 0.717) is 5.78 Å². The number of likely N-dealkylation sites (tertiary alicyclic amines) is 1. The molecule has 4 saturated carbocycles. The topological polar surface area (TPSA) is 20.3 Å². The van der Waals surface area contributed by atoms with Crippen LogP contribution in [0.4, 0.5) is 0 Å². The fraction of sp³-hybridized carbons (Fsp3) is 0.941. The number of hydrogen-bond donors (Lipinski definition) is 0. The van der Waals surface area contributed by atoms with Crippen LogP contribution in [-0.2, 0) is 4.79 Å². The van der Waals surface area contributed by atoms with Crippen molar-refractivity contribution >= 4 is 5.78 Å². The molecule has 0 aromatic heterocycles. The molecule has 0 amide bonds. The Balaban J connectivity index is 1.53. The lowest BCUT2D eigenvalue weighted by atomic mass is 9.57. The minimum absolute atomic E-state index is 0.121. The molecule has 106 valence electrons. The predicted octanol–water partition coefficient (Wildman–Crippen LogP) is 3.26. The first-order valence-corrected chi connectivity index (χ1v) is 8.49. The summed E-state index contributed by atoms with van der Waals surface area (Å²) in [6.45, 7) is 3.10. The van der Waals surface area contributed by atoms with Gasteiger partial charge in [0, 0.05) is 5.41 Å². The molecular formula is C17H27NO. The summed E-state index contributed by atoms with van der Waals surface area (Å²) in [6, 6.07) is 0. The molecule has 0 unspecified atom stereocenters. The van der Waals surface area contributed by atoms with E-state index < -0.39 is 0 Å². The van der Waals surface area contributed by atoms with Crippen molar-refractivity contribution in [3.05, 3.63) is 0 Å². The normalized spacial score (nSPS) is 45.6. The summed E-state index contributed by atoms with van der Waals surface area (Å²) in [6.07, 6.45) is 12.0. The number of hydrogen-bond acceptors (Lipinski definition) is 2. The first-order chi connectivity index (χ1) is 9.23. The van der Waals surface area contributed by atoms with Gasteiger partial charge in [0.15, 0.2) is 5.78 Å². The average molecular weight is 261 g/mol. The van der Waals surface area contributed by atoms with Crippen molar-refractivity contribution in [3.63, 3.8) is 0 Å². The van der Waals surface area contributed by atoms with Gasteiger partial charge in [0.25, 0.3) is 0 Å². The summed E-state index contributed by atoms with van der Waals surface area (Å²) in [5.74, 6) is 3.28. The van der Waals surface area contributed by atoms with E-state index in [1.54, 1.807) is 0 Å². The Morgan fingerprint density at radius 1 is 0.947 bits per heavy atom. The minimum Gasteiger partial charge on any atom is -0.298 e. The molecule has 2 nitrogen and oxygen atoms in total. The van der Waals surface area contributed by atoms with Crippen LogP contribution in [0, 0.1) is 23.2 Å². The van der Waals surface area contributed by atoms with E-state index in [9.17, 15) is 4.79 Å². The van der Waals surface area contributed by atoms with Crippen molar-refractivity contribution < 1.29 is 4.79 Å². The van der Waals surface area contributed by atoms with E-state index in [1.807, 2.05) is 0 Å². The van der Waals surface area contributed by atoms with Crippen molar-refractivity contribution in [2.75, 3.05) is 19.6 Å². The molecule has 0 spiro atoms. The molecule has 0 aromatic carbocycles. The highest BCUT2D eigenvalue weighted by Gasteiger charge is 2.52. The van der Waals surface area contributed by atoms with Gasteiger partial charge in [-0.1, -0.05) is 12.8 Å². The van der Waals surface area contributed by atoms with Gasteiger partial charge in [0.05, 0.1) is 6.54 Å². The fourth-order valence-corrected chi connectivity index (χ4v) is 5.84. The third-order valence-corrected chi connectivity index (χ3v) is 6.51. The van der Waals surface area contributed by atoms with Crippen LogP contribution in [0.25, 0.3) is 0 Å². The zero-order chi connectivity index (χ0) is 12.9. The van der Waals surface area contributed by atoms with E-state index in [0.717, 1.165) is 37.4 Å². The second kappa shape index (κ2) is 4.58. The van der Waals surface area contributed by atoms with Crippen LogP contribution in [0.15, 0.2) is 0 Å². The molecule has 5 rings (SSSR count). The first-order valence-electron chi connectivity index (χ1n) is 8.49. The molecule has 0 N–H and O–H groups in total. The lowest BCUT2D eigenvalue weighted by Gasteiger charge is -2.47. The molecular weight excluding hydrogens is 234 g/mol. The van der Waals surface area contributed by atoms with Gasteiger partial charge in [-0.15, -0.1) is 0 Å².